The molecule has 108 valence electrons. The van der Waals surface area contributed by atoms with Gasteiger partial charge in [0.1, 0.15) is 18.2 Å². The molecule has 2 aromatic rings. The summed E-state index contributed by atoms with van der Waals surface area (Å²) >= 11 is 0. The number of benzene rings is 1. The Morgan fingerprint density at radius 2 is 2.15 bits per heavy atom. The number of imidazole rings is 1. The molecule has 1 aromatic carbocycles. The first-order chi connectivity index (χ1) is 9.57. The number of aromatic nitrogens is 2. The smallest absolute Gasteiger partial charge is 0.215 e. The number of sulfonamides is 1. The van der Waals surface area contributed by atoms with Crippen molar-refractivity contribution in [3.63, 3.8) is 0 Å². The van der Waals surface area contributed by atoms with Gasteiger partial charge >= 0.3 is 0 Å². The average Bonchev–Trinajstić information content (AvgIpc) is 2.92. The lowest BCUT2D eigenvalue weighted by atomic mass is 10.3. The van der Waals surface area contributed by atoms with E-state index in [2.05, 4.69) is 14.7 Å². The Morgan fingerprint density at radius 3 is 2.85 bits per heavy atom. The average molecular weight is 296 g/mol. The van der Waals surface area contributed by atoms with Gasteiger partial charge in [-0.2, -0.15) is 0 Å². The van der Waals surface area contributed by atoms with Crippen LogP contribution in [0.2, 0.25) is 0 Å². The summed E-state index contributed by atoms with van der Waals surface area (Å²) in [7, 11) is -3.42. The van der Waals surface area contributed by atoms with Crippen LogP contribution in [-0.4, -0.2) is 30.7 Å². The van der Waals surface area contributed by atoms with Crippen LogP contribution in [0.3, 0.4) is 0 Å². The van der Waals surface area contributed by atoms with Crippen molar-refractivity contribution in [2.75, 3.05) is 18.1 Å². The van der Waals surface area contributed by atoms with Crippen LogP contribution < -0.4 is 15.2 Å². The molecule has 0 aliphatic heterocycles. The Kier molecular flexibility index (Phi) is 4.59. The fourth-order valence-corrected chi connectivity index (χ4v) is 2.32. The molecule has 20 heavy (non-hydrogen) atoms. The van der Waals surface area contributed by atoms with Gasteiger partial charge in [0, 0.05) is 12.4 Å². The molecule has 7 nitrogen and oxygen atoms in total. The molecule has 0 amide bonds. The molecule has 0 fully saturated rings. The lowest BCUT2D eigenvalue weighted by Crippen LogP contribution is -2.29. The minimum Gasteiger partial charge on any atom is -0.490 e. The maximum atomic E-state index is 11.7. The SMILES string of the molecule is Nc1ccccc1OCCS(=O)(=O)NCc1ncc[nH]1. The van der Waals surface area contributed by atoms with Crippen molar-refractivity contribution in [1.29, 1.82) is 0 Å². The highest BCUT2D eigenvalue weighted by atomic mass is 32.2. The lowest BCUT2D eigenvalue weighted by molar-refractivity contribution is 0.342. The second-order valence-electron chi connectivity index (χ2n) is 4.06. The molecule has 4 N–H and O–H groups in total. The van der Waals surface area contributed by atoms with Crippen molar-refractivity contribution in [3.8, 4) is 5.75 Å². The minimum atomic E-state index is -3.42. The summed E-state index contributed by atoms with van der Waals surface area (Å²) in [5.41, 5.74) is 6.17. The molecule has 0 saturated carbocycles. The van der Waals surface area contributed by atoms with Crippen LogP contribution in [0.25, 0.3) is 0 Å². The zero-order chi connectivity index (χ0) is 14.4. The van der Waals surface area contributed by atoms with Gasteiger partial charge in [0.25, 0.3) is 0 Å². The minimum absolute atomic E-state index is 0.0295. The first-order valence-corrected chi connectivity index (χ1v) is 7.65. The van der Waals surface area contributed by atoms with E-state index in [1.165, 1.54) is 0 Å². The number of nitrogens with zero attached hydrogens (tertiary/aromatic N) is 1. The van der Waals surface area contributed by atoms with Crippen LogP contribution in [-0.2, 0) is 16.6 Å². The van der Waals surface area contributed by atoms with E-state index in [0.29, 0.717) is 17.3 Å². The molecule has 1 aromatic heterocycles. The normalized spacial score (nSPS) is 11.4. The molecular formula is C12H16N4O3S. The molecule has 0 spiro atoms. The van der Waals surface area contributed by atoms with Gasteiger partial charge in [0.15, 0.2) is 0 Å². The van der Waals surface area contributed by atoms with Crippen molar-refractivity contribution in [2.24, 2.45) is 0 Å². The Labute approximate surface area is 117 Å². The predicted molar refractivity (Wildman–Crippen MR) is 75.6 cm³/mol. The van der Waals surface area contributed by atoms with Gasteiger partial charge < -0.3 is 15.5 Å². The first kappa shape index (κ1) is 14.4. The van der Waals surface area contributed by atoms with E-state index in [9.17, 15) is 8.42 Å². The number of aromatic amines is 1. The second kappa shape index (κ2) is 6.40. The topological polar surface area (TPSA) is 110 Å². The standard InChI is InChI=1S/C12H16N4O3S/c13-10-3-1-2-4-11(10)19-7-8-20(17,18)16-9-12-14-5-6-15-12/h1-6,16H,7-9,13H2,(H,14,15). The summed E-state index contributed by atoms with van der Waals surface area (Å²) in [6.07, 6.45) is 3.19. The maximum Gasteiger partial charge on any atom is 0.215 e. The summed E-state index contributed by atoms with van der Waals surface area (Å²) in [4.78, 5) is 6.74. The molecule has 0 saturated heterocycles. The van der Waals surface area contributed by atoms with Gasteiger partial charge in [-0.25, -0.2) is 18.1 Å². The summed E-state index contributed by atoms with van der Waals surface area (Å²) < 4.78 is 31.2. The number of ether oxygens (including phenoxy) is 1. The molecular weight excluding hydrogens is 280 g/mol. The Balaban J connectivity index is 1.79. The highest BCUT2D eigenvalue weighted by Crippen LogP contribution is 2.19. The van der Waals surface area contributed by atoms with E-state index in [1.54, 1.807) is 36.7 Å². The third-order valence-electron chi connectivity index (χ3n) is 2.54. The number of nitrogen functional groups attached to an aromatic ring is 1. The van der Waals surface area contributed by atoms with E-state index in [4.69, 9.17) is 10.5 Å². The number of hydrogen-bond donors (Lipinski definition) is 3. The zero-order valence-electron chi connectivity index (χ0n) is 10.7. The molecule has 0 aliphatic rings. The lowest BCUT2D eigenvalue weighted by Gasteiger charge is -2.09. The van der Waals surface area contributed by atoms with Crippen molar-refractivity contribution in [2.45, 2.75) is 6.54 Å². The largest absolute Gasteiger partial charge is 0.490 e. The molecule has 0 bridgehead atoms. The van der Waals surface area contributed by atoms with Gasteiger partial charge in [-0.15, -0.1) is 0 Å². The van der Waals surface area contributed by atoms with Crippen molar-refractivity contribution < 1.29 is 13.2 Å². The summed E-state index contributed by atoms with van der Waals surface area (Å²) in [6.45, 7) is 0.157. The maximum absolute atomic E-state index is 11.7. The predicted octanol–water partition coefficient (Wildman–Crippen LogP) is 0.490. The summed E-state index contributed by atoms with van der Waals surface area (Å²) in [5.74, 6) is 0.887. The highest BCUT2D eigenvalue weighted by Gasteiger charge is 2.11. The molecule has 2 rings (SSSR count). The number of hydrogen-bond acceptors (Lipinski definition) is 5. The molecule has 1 heterocycles. The Morgan fingerprint density at radius 1 is 1.35 bits per heavy atom. The van der Waals surface area contributed by atoms with Crippen LogP contribution in [0.4, 0.5) is 5.69 Å². The monoisotopic (exact) mass is 296 g/mol. The second-order valence-corrected chi connectivity index (χ2v) is 5.99. The molecule has 0 unspecified atom stereocenters. The van der Waals surface area contributed by atoms with Gasteiger partial charge in [-0.3, -0.25) is 0 Å². The summed E-state index contributed by atoms with van der Waals surface area (Å²) in [6, 6.07) is 6.94. The fraction of sp³-hybridized carbons (Fsp3) is 0.250. The van der Waals surface area contributed by atoms with Crippen LogP contribution in [0, 0.1) is 0 Å². The third-order valence-corrected chi connectivity index (χ3v) is 3.83. The van der Waals surface area contributed by atoms with E-state index in [0.717, 1.165) is 0 Å². The Bertz CT molecular complexity index is 640. The van der Waals surface area contributed by atoms with Crippen molar-refractivity contribution >= 4 is 15.7 Å². The van der Waals surface area contributed by atoms with Crippen LogP contribution in [0.15, 0.2) is 36.7 Å². The van der Waals surface area contributed by atoms with Crippen LogP contribution >= 0.6 is 0 Å². The van der Waals surface area contributed by atoms with E-state index < -0.39 is 10.0 Å². The van der Waals surface area contributed by atoms with Gasteiger partial charge in [0.2, 0.25) is 10.0 Å². The fourth-order valence-electron chi connectivity index (χ4n) is 1.52. The number of anilines is 1. The van der Waals surface area contributed by atoms with Gasteiger partial charge in [-0.05, 0) is 12.1 Å². The molecule has 8 heteroatoms. The highest BCUT2D eigenvalue weighted by molar-refractivity contribution is 7.89. The number of nitrogens with one attached hydrogen (secondary N) is 2. The zero-order valence-corrected chi connectivity index (χ0v) is 11.6. The number of nitrogens with two attached hydrogens (primary N) is 1. The molecule has 0 atom stereocenters. The van der Waals surface area contributed by atoms with Crippen LogP contribution in [0.1, 0.15) is 5.82 Å². The third kappa shape index (κ3) is 4.25. The number of para-hydroxylation sites is 2. The number of rotatable bonds is 7. The van der Waals surface area contributed by atoms with Crippen molar-refractivity contribution in [3.05, 3.63) is 42.5 Å². The Hall–Kier alpha value is -2.06. The van der Waals surface area contributed by atoms with E-state index >= 15 is 0 Å². The first-order valence-electron chi connectivity index (χ1n) is 6.00. The van der Waals surface area contributed by atoms with Gasteiger partial charge in [0.05, 0.1) is 18.0 Å². The molecule has 0 aliphatic carbocycles. The van der Waals surface area contributed by atoms with Crippen molar-refractivity contribution in [1.82, 2.24) is 14.7 Å². The summed E-state index contributed by atoms with van der Waals surface area (Å²) in [5, 5.41) is 0. The van der Waals surface area contributed by atoms with E-state index in [-0.39, 0.29) is 18.9 Å². The molecule has 0 radical (unpaired) electrons. The quantitative estimate of drug-likeness (QED) is 0.644. The van der Waals surface area contributed by atoms with E-state index in [1.807, 2.05) is 0 Å². The van der Waals surface area contributed by atoms with Gasteiger partial charge in [-0.1, -0.05) is 12.1 Å². The number of H-pyrrole nitrogens is 1. The van der Waals surface area contributed by atoms with Crippen LogP contribution in [0.5, 0.6) is 5.75 Å².